The highest BCUT2D eigenvalue weighted by molar-refractivity contribution is 5.81. The van der Waals surface area contributed by atoms with Crippen molar-refractivity contribution in [3.8, 4) is 11.5 Å². The molecule has 0 atom stereocenters. The Morgan fingerprint density at radius 1 is 1.21 bits per heavy atom. The number of carbonyl (C=O) groups excluding carboxylic acids is 1. The fourth-order valence-electron chi connectivity index (χ4n) is 2.06. The van der Waals surface area contributed by atoms with Gasteiger partial charge in [-0.25, -0.2) is 4.98 Å². The number of hydrogen-bond acceptors (Lipinski definition) is 6. The first kappa shape index (κ1) is 22.0. The molecule has 156 valence electrons. The summed E-state index contributed by atoms with van der Waals surface area (Å²) in [7, 11) is 3.26. The second-order valence-electron chi connectivity index (χ2n) is 6.02. The summed E-state index contributed by atoms with van der Waals surface area (Å²) in [5, 5.41) is 3.96. The van der Waals surface area contributed by atoms with E-state index in [1.807, 2.05) is 6.92 Å². The number of anilines is 1. The molecule has 0 fully saturated rings. The van der Waals surface area contributed by atoms with Crippen LogP contribution in [-0.4, -0.2) is 49.3 Å². The molecule has 0 unspecified atom stereocenters. The molecule has 0 aliphatic carbocycles. The van der Waals surface area contributed by atoms with Gasteiger partial charge in [0.25, 0.3) is 5.91 Å². The molecule has 0 aliphatic rings. The van der Waals surface area contributed by atoms with Crippen LogP contribution >= 0.6 is 0 Å². The van der Waals surface area contributed by atoms with Crippen molar-refractivity contribution in [3.63, 3.8) is 0 Å². The first-order valence-electron chi connectivity index (χ1n) is 8.63. The molecule has 0 saturated carbocycles. The van der Waals surface area contributed by atoms with Crippen LogP contribution < -0.4 is 14.9 Å². The molecule has 1 N–H and O–H groups in total. The van der Waals surface area contributed by atoms with Gasteiger partial charge in [0.1, 0.15) is 5.82 Å². The van der Waals surface area contributed by atoms with Crippen LogP contribution in [0, 0.1) is 0 Å². The fraction of sp³-hybridized carbons (Fsp3) is 0.316. The van der Waals surface area contributed by atoms with Gasteiger partial charge < -0.3 is 14.4 Å². The van der Waals surface area contributed by atoms with E-state index in [1.165, 1.54) is 17.2 Å². The molecular weight excluding hydrogens is 389 g/mol. The van der Waals surface area contributed by atoms with E-state index in [2.05, 4.69) is 15.5 Å². The van der Waals surface area contributed by atoms with Gasteiger partial charge in [-0.3, -0.25) is 10.2 Å². The van der Waals surface area contributed by atoms with Gasteiger partial charge in [0.05, 0.1) is 18.4 Å². The summed E-state index contributed by atoms with van der Waals surface area (Å²) in [6, 6.07) is 7.11. The highest BCUT2D eigenvalue weighted by Crippen LogP contribution is 2.29. The van der Waals surface area contributed by atoms with Crippen LogP contribution in [0.4, 0.5) is 19.0 Å². The second-order valence-corrected chi connectivity index (χ2v) is 6.02. The number of ether oxygens (including phenoxy) is 2. The maximum absolute atomic E-state index is 12.5. The van der Waals surface area contributed by atoms with Crippen molar-refractivity contribution in [1.82, 2.24) is 9.88 Å². The molecule has 0 bridgehead atoms. The first-order chi connectivity index (χ1) is 13.7. The summed E-state index contributed by atoms with van der Waals surface area (Å²) in [5.74, 6) is 0.833. The summed E-state index contributed by atoms with van der Waals surface area (Å²) in [6.07, 6.45) is -2.26. The van der Waals surface area contributed by atoms with E-state index in [4.69, 9.17) is 9.47 Å². The van der Waals surface area contributed by atoms with Gasteiger partial charge in [-0.05, 0) is 42.8 Å². The molecule has 0 spiro atoms. The van der Waals surface area contributed by atoms with E-state index in [0.29, 0.717) is 23.7 Å². The van der Waals surface area contributed by atoms with Crippen molar-refractivity contribution in [3.05, 3.63) is 47.7 Å². The number of rotatable bonds is 8. The molecule has 0 saturated heterocycles. The van der Waals surface area contributed by atoms with Gasteiger partial charge in [-0.1, -0.05) is 0 Å². The Kier molecular flexibility index (Phi) is 7.40. The van der Waals surface area contributed by atoms with Gasteiger partial charge >= 0.3 is 6.18 Å². The minimum atomic E-state index is -4.44. The topological polar surface area (TPSA) is 76.0 Å². The van der Waals surface area contributed by atoms with Crippen LogP contribution in [-0.2, 0) is 11.0 Å². The van der Waals surface area contributed by atoms with E-state index in [1.54, 1.807) is 32.3 Å². The zero-order valence-corrected chi connectivity index (χ0v) is 16.2. The van der Waals surface area contributed by atoms with E-state index in [-0.39, 0.29) is 18.3 Å². The number of alkyl halides is 3. The molecule has 10 heteroatoms. The quantitative estimate of drug-likeness (QED) is 0.533. The lowest BCUT2D eigenvalue weighted by molar-refractivity contribution is -0.137. The Morgan fingerprint density at radius 3 is 2.55 bits per heavy atom. The lowest BCUT2D eigenvalue weighted by Crippen LogP contribution is -2.27. The summed E-state index contributed by atoms with van der Waals surface area (Å²) >= 11 is 0. The predicted molar refractivity (Wildman–Crippen MR) is 102 cm³/mol. The number of hydrazone groups is 1. The summed E-state index contributed by atoms with van der Waals surface area (Å²) in [4.78, 5) is 16.8. The first-order valence-corrected chi connectivity index (χ1v) is 8.63. The zero-order chi connectivity index (χ0) is 21.4. The third kappa shape index (κ3) is 6.66. The van der Waals surface area contributed by atoms with Gasteiger partial charge in [0.15, 0.2) is 18.1 Å². The average Bonchev–Trinajstić information content (AvgIpc) is 2.67. The predicted octanol–water partition coefficient (Wildman–Crippen LogP) is 3.41. The molecule has 0 aliphatic heterocycles. The molecule has 7 nitrogen and oxygen atoms in total. The monoisotopic (exact) mass is 410 g/mol. The number of nitrogens with one attached hydrogen (secondary N) is 1. The number of pyridine rings is 1. The molecule has 2 aromatic rings. The molecule has 1 aromatic heterocycles. The lowest BCUT2D eigenvalue weighted by Gasteiger charge is -2.14. The maximum atomic E-state index is 12.5. The smallest absolute Gasteiger partial charge is 0.417 e. The Bertz CT molecular complexity index is 853. The maximum Gasteiger partial charge on any atom is 0.417 e. The van der Waals surface area contributed by atoms with Crippen molar-refractivity contribution in [2.24, 2.45) is 5.10 Å². The van der Waals surface area contributed by atoms with Gasteiger partial charge in [0.2, 0.25) is 0 Å². The van der Waals surface area contributed by atoms with Crippen molar-refractivity contribution >= 4 is 17.9 Å². The van der Waals surface area contributed by atoms with E-state index in [0.717, 1.165) is 12.3 Å². The number of halogens is 3. The normalized spacial score (nSPS) is 11.4. The molecule has 2 rings (SSSR count). The van der Waals surface area contributed by atoms with Crippen LogP contribution in [0.1, 0.15) is 18.1 Å². The van der Waals surface area contributed by atoms with Gasteiger partial charge in [-0.2, -0.15) is 18.3 Å². The molecule has 1 heterocycles. The van der Waals surface area contributed by atoms with Crippen molar-refractivity contribution < 1.29 is 27.4 Å². The largest absolute Gasteiger partial charge is 0.490 e. The molecular formula is C19H21F3N4O3. The van der Waals surface area contributed by atoms with Crippen LogP contribution in [0.3, 0.4) is 0 Å². The van der Waals surface area contributed by atoms with Crippen LogP contribution in [0.2, 0.25) is 0 Å². The van der Waals surface area contributed by atoms with Gasteiger partial charge in [0, 0.05) is 20.3 Å². The molecule has 0 radical (unpaired) electrons. The highest BCUT2D eigenvalue weighted by atomic mass is 19.4. The Labute approximate surface area is 166 Å². The minimum Gasteiger partial charge on any atom is -0.490 e. The third-order valence-corrected chi connectivity index (χ3v) is 3.60. The van der Waals surface area contributed by atoms with E-state index >= 15 is 0 Å². The zero-order valence-electron chi connectivity index (χ0n) is 16.2. The number of hydrogen-bond donors (Lipinski definition) is 1. The van der Waals surface area contributed by atoms with Crippen LogP contribution in [0.5, 0.6) is 11.5 Å². The highest BCUT2D eigenvalue weighted by Gasteiger charge is 2.30. The Morgan fingerprint density at radius 2 is 1.97 bits per heavy atom. The minimum absolute atomic E-state index is 0.123. The molecule has 1 aromatic carbocycles. The number of carbonyl (C=O) groups is 1. The summed E-state index contributed by atoms with van der Waals surface area (Å²) in [5.41, 5.74) is 2.37. The summed E-state index contributed by atoms with van der Waals surface area (Å²) < 4.78 is 48.6. The third-order valence-electron chi connectivity index (χ3n) is 3.60. The average molecular weight is 410 g/mol. The number of benzene rings is 1. The van der Waals surface area contributed by atoms with E-state index < -0.39 is 11.7 Å². The Hall–Kier alpha value is -3.30. The van der Waals surface area contributed by atoms with Crippen molar-refractivity contribution in [2.75, 3.05) is 32.7 Å². The number of likely N-dealkylation sites (N-methyl/N-ethyl adjacent to an activating group) is 1. The van der Waals surface area contributed by atoms with Crippen molar-refractivity contribution in [2.45, 2.75) is 13.1 Å². The fourth-order valence-corrected chi connectivity index (χ4v) is 2.06. The second kappa shape index (κ2) is 9.76. The molecule has 29 heavy (non-hydrogen) atoms. The standard InChI is InChI=1S/C19H21F3N4O3/c1-4-28-16-9-13(5-7-15(16)29-12-18(27)26(2)3)10-24-25-17-8-6-14(11-23-17)19(20,21)22/h5-11H,4,12H2,1-3H3,(H,23,25)/b24-10-. The number of nitrogens with zero attached hydrogens (tertiary/aromatic N) is 3. The van der Waals surface area contributed by atoms with Crippen LogP contribution in [0.25, 0.3) is 0 Å². The van der Waals surface area contributed by atoms with Crippen LogP contribution in [0.15, 0.2) is 41.6 Å². The van der Waals surface area contributed by atoms with Crippen molar-refractivity contribution in [1.29, 1.82) is 0 Å². The van der Waals surface area contributed by atoms with Gasteiger partial charge in [-0.15, -0.1) is 0 Å². The molecule has 1 amide bonds. The Balaban J connectivity index is 2.04. The lowest BCUT2D eigenvalue weighted by atomic mass is 10.2. The number of amides is 1. The summed E-state index contributed by atoms with van der Waals surface area (Å²) in [6.45, 7) is 2.08. The number of aromatic nitrogens is 1. The SMILES string of the molecule is CCOc1cc(/C=N\Nc2ccc(C(F)(F)F)cn2)ccc1OCC(=O)N(C)C. The van der Waals surface area contributed by atoms with E-state index in [9.17, 15) is 18.0 Å².